The summed E-state index contributed by atoms with van der Waals surface area (Å²) in [7, 11) is 0. The van der Waals surface area contributed by atoms with Gasteiger partial charge in [-0.2, -0.15) is 0 Å². The number of hydrogen-bond donors (Lipinski definition) is 2. The maximum Gasteiger partial charge on any atom is 0.337 e. The minimum absolute atomic E-state index is 0.106. The number of rotatable bonds is 2. The average Bonchev–Trinajstić information content (AvgIpc) is 2.10. The summed E-state index contributed by atoms with van der Waals surface area (Å²) in [6.07, 6.45) is -1.64. The zero-order valence-corrected chi connectivity index (χ0v) is 8.80. The molecule has 0 aliphatic rings. The normalized spacial score (nSPS) is 12.6. The number of halogens is 2. The van der Waals surface area contributed by atoms with Crippen molar-refractivity contribution in [3.63, 3.8) is 0 Å². The van der Waals surface area contributed by atoms with Crippen LogP contribution in [0.4, 0.5) is 0 Å². The molecule has 1 atom stereocenters. The van der Waals surface area contributed by atoms with Gasteiger partial charge in [0.15, 0.2) is 6.10 Å². The summed E-state index contributed by atoms with van der Waals surface area (Å²) in [5, 5.41) is 18.4. The van der Waals surface area contributed by atoms with Crippen molar-refractivity contribution in [3.8, 4) is 0 Å². The number of aliphatic carboxylic acids is 1. The third kappa shape index (κ3) is 2.18. The lowest BCUT2D eigenvalue weighted by atomic mass is 10.1. The molecule has 2 N–H and O–H groups in total. The Morgan fingerprint density at radius 1 is 1.36 bits per heavy atom. The Balaban J connectivity index is 3.22. The molecule has 1 aromatic carbocycles. The second-order valence-electron chi connectivity index (χ2n) is 2.86. The van der Waals surface area contributed by atoms with E-state index in [1.54, 1.807) is 6.92 Å². The molecule has 14 heavy (non-hydrogen) atoms. The fourth-order valence-electron chi connectivity index (χ4n) is 1.00. The minimum atomic E-state index is -1.64. The lowest BCUT2D eigenvalue weighted by Gasteiger charge is -2.09. The van der Waals surface area contributed by atoms with Crippen LogP contribution in [0.25, 0.3) is 0 Å². The molecule has 5 heteroatoms. The van der Waals surface area contributed by atoms with Crippen molar-refractivity contribution in [2.45, 2.75) is 13.0 Å². The van der Waals surface area contributed by atoms with Gasteiger partial charge in [-0.25, -0.2) is 4.79 Å². The second kappa shape index (κ2) is 4.17. The highest BCUT2D eigenvalue weighted by Gasteiger charge is 2.19. The Morgan fingerprint density at radius 2 is 1.93 bits per heavy atom. The highest BCUT2D eigenvalue weighted by atomic mass is 35.5. The average molecular weight is 235 g/mol. The molecular formula is C9H8Cl2O3. The molecule has 0 amide bonds. The topological polar surface area (TPSA) is 57.5 Å². The highest BCUT2D eigenvalue weighted by Crippen LogP contribution is 2.29. The molecular weight excluding hydrogens is 227 g/mol. The van der Waals surface area contributed by atoms with Crippen molar-refractivity contribution >= 4 is 29.2 Å². The zero-order chi connectivity index (χ0) is 10.9. The Morgan fingerprint density at radius 3 is 2.43 bits per heavy atom. The van der Waals surface area contributed by atoms with Gasteiger partial charge in [-0.15, -0.1) is 0 Å². The number of hydrogen-bond acceptors (Lipinski definition) is 2. The van der Waals surface area contributed by atoms with Gasteiger partial charge in [0.2, 0.25) is 0 Å². The lowest BCUT2D eigenvalue weighted by Crippen LogP contribution is -2.11. The Labute approximate surface area is 90.9 Å². The molecule has 76 valence electrons. The van der Waals surface area contributed by atoms with Crippen LogP contribution in [0.3, 0.4) is 0 Å². The first-order valence-electron chi connectivity index (χ1n) is 3.80. The standard InChI is InChI=1S/C9H8Cl2O3/c1-4-2-7(11)5(3-6(4)10)8(12)9(13)14/h2-3,8,12H,1H3,(H,13,14)/t8-/m1/s1. The van der Waals surface area contributed by atoms with E-state index in [0.717, 1.165) is 5.56 Å². The van der Waals surface area contributed by atoms with E-state index < -0.39 is 12.1 Å². The van der Waals surface area contributed by atoms with E-state index in [1.165, 1.54) is 12.1 Å². The van der Waals surface area contributed by atoms with Gasteiger partial charge in [0.05, 0.1) is 0 Å². The zero-order valence-electron chi connectivity index (χ0n) is 7.29. The Kier molecular flexibility index (Phi) is 3.37. The number of benzene rings is 1. The van der Waals surface area contributed by atoms with Crippen LogP contribution in [0.2, 0.25) is 10.0 Å². The van der Waals surface area contributed by atoms with Gasteiger partial charge in [0.25, 0.3) is 0 Å². The summed E-state index contributed by atoms with van der Waals surface area (Å²) < 4.78 is 0. The van der Waals surface area contributed by atoms with E-state index >= 15 is 0 Å². The molecule has 0 unspecified atom stereocenters. The van der Waals surface area contributed by atoms with Gasteiger partial charge >= 0.3 is 5.97 Å². The van der Waals surface area contributed by atoms with Gasteiger partial charge in [-0.3, -0.25) is 0 Å². The van der Waals surface area contributed by atoms with E-state index in [4.69, 9.17) is 28.3 Å². The summed E-state index contributed by atoms with van der Waals surface area (Å²) in [6, 6.07) is 2.88. The van der Waals surface area contributed by atoms with Crippen LogP contribution in [0.1, 0.15) is 17.2 Å². The first kappa shape index (κ1) is 11.3. The molecule has 0 saturated carbocycles. The molecule has 0 bridgehead atoms. The molecule has 3 nitrogen and oxygen atoms in total. The predicted octanol–water partition coefficient (Wildman–Crippen LogP) is 2.42. The number of carbonyl (C=O) groups is 1. The van der Waals surface area contributed by atoms with E-state index in [2.05, 4.69) is 0 Å². The number of aliphatic hydroxyl groups is 1. The third-order valence-corrected chi connectivity index (χ3v) is 2.54. The largest absolute Gasteiger partial charge is 0.479 e. The summed E-state index contributed by atoms with van der Waals surface area (Å²) in [6.45, 7) is 1.74. The van der Waals surface area contributed by atoms with Crippen LogP contribution in [0, 0.1) is 6.92 Å². The molecule has 0 fully saturated rings. The first-order valence-corrected chi connectivity index (χ1v) is 4.55. The highest BCUT2D eigenvalue weighted by molar-refractivity contribution is 6.34. The van der Waals surface area contributed by atoms with Crippen LogP contribution in [-0.4, -0.2) is 16.2 Å². The van der Waals surface area contributed by atoms with Gasteiger partial charge < -0.3 is 10.2 Å². The lowest BCUT2D eigenvalue weighted by molar-refractivity contribution is -0.146. The number of aliphatic hydroxyl groups excluding tert-OH is 1. The molecule has 1 rings (SSSR count). The quantitative estimate of drug-likeness (QED) is 0.827. The van der Waals surface area contributed by atoms with E-state index in [-0.39, 0.29) is 10.6 Å². The van der Waals surface area contributed by atoms with Crippen molar-refractivity contribution in [1.29, 1.82) is 0 Å². The van der Waals surface area contributed by atoms with Gasteiger partial charge in [-0.05, 0) is 24.6 Å². The van der Waals surface area contributed by atoms with E-state index in [1.807, 2.05) is 0 Å². The summed E-state index contributed by atoms with van der Waals surface area (Å²) in [5.74, 6) is -1.35. The van der Waals surface area contributed by atoms with Crippen LogP contribution in [-0.2, 0) is 4.79 Å². The maximum absolute atomic E-state index is 10.5. The molecule has 0 aliphatic heterocycles. The number of aryl methyl sites for hydroxylation is 1. The predicted molar refractivity (Wildman–Crippen MR) is 53.8 cm³/mol. The number of carboxylic acid groups (broad SMARTS) is 1. The molecule has 0 heterocycles. The molecule has 0 radical (unpaired) electrons. The molecule has 0 aromatic heterocycles. The molecule has 0 saturated heterocycles. The van der Waals surface area contributed by atoms with Crippen LogP contribution in [0.15, 0.2) is 12.1 Å². The Hall–Kier alpha value is -0.770. The maximum atomic E-state index is 10.5. The summed E-state index contributed by atoms with van der Waals surface area (Å²) >= 11 is 11.5. The third-order valence-electron chi connectivity index (χ3n) is 1.81. The van der Waals surface area contributed by atoms with E-state index in [9.17, 15) is 9.90 Å². The van der Waals surface area contributed by atoms with Gasteiger partial charge in [0, 0.05) is 15.6 Å². The summed E-state index contributed by atoms with van der Waals surface area (Å²) in [5.41, 5.74) is 0.841. The minimum Gasteiger partial charge on any atom is -0.479 e. The Bertz CT molecular complexity index is 377. The van der Waals surface area contributed by atoms with Crippen LogP contribution >= 0.6 is 23.2 Å². The fourth-order valence-corrected chi connectivity index (χ4v) is 1.50. The fraction of sp³-hybridized carbons (Fsp3) is 0.222. The first-order chi connectivity index (χ1) is 6.43. The van der Waals surface area contributed by atoms with Crippen LogP contribution < -0.4 is 0 Å². The molecule has 0 aliphatic carbocycles. The van der Waals surface area contributed by atoms with Crippen molar-refractivity contribution in [2.75, 3.05) is 0 Å². The molecule has 0 spiro atoms. The number of carboxylic acids is 1. The SMILES string of the molecule is Cc1cc(Cl)c([C@@H](O)C(=O)O)cc1Cl. The monoisotopic (exact) mass is 234 g/mol. The van der Waals surface area contributed by atoms with Crippen molar-refractivity contribution in [2.24, 2.45) is 0 Å². The smallest absolute Gasteiger partial charge is 0.337 e. The van der Waals surface area contributed by atoms with Gasteiger partial charge in [-0.1, -0.05) is 23.2 Å². The van der Waals surface area contributed by atoms with Crippen molar-refractivity contribution in [3.05, 3.63) is 33.3 Å². The van der Waals surface area contributed by atoms with Crippen molar-refractivity contribution in [1.82, 2.24) is 0 Å². The van der Waals surface area contributed by atoms with E-state index in [0.29, 0.717) is 5.02 Å². The van der Waals surface area contributed by atoms with Crippen LogP contribution in [0.5, 0.6) is 0 Å². The van der Waals surface area contributed by atoms with Crippen molar-refractivity contribution < 1.29 is 15.0 Å². The van der Waals surface area contributed by atoms with Gasteiger partial charge in [0.1, 0.15) is 0 Å². The second-order valence-corrected chi connectivity index (χ2v) is 3.68. The summed E-state index contributed by atoms with van der Waals surface area (Å²) in [4.78, 5) is 10.5. The molecule has 1 aromatic rings.